The summed E-state index contributed by atoms with van der Waals surface area (Å²) in [6, 6.07) is 4.72. The number of benzene rings is 1. The van der Waals surface area contributed by atoms with E-state index in [0.717, 1.165) is 0 Å². The van der Waals surface area contributed by atoms with Crippen LogP contribution < -0.4 is 0 Å². The molecule has 2 aromatic heterocycles. The van der Waals surface area contributed by atoms with Gasteiger partial charge in [0.05, 0.1) is 23.0 Å². The molecule has 23 heavy (non-hydrogen) atoms. The minimum atomic E-state index is -0.765. The van der Waals surface area contributed by atoms with E-state index < -0.39 is 11.9 Å². The van der Waals surface area contributed by atoms with Gasteiger partial charge in [-0.3, -0.25) is 4.98 Å². The number of aromatic nitrogens is 3. The normalized spacial score (nSPS) is 12.6. The first-order chi connectivity index (χ1) is 10.9. The minimum Gasteiger partial charge on any atom is -0.389 e. The second-order valence-electron chi connectivity index (χ2n) is 5.22. The van der Waals surface area contributed by atoms with Crippen molar-refractivity contribution in [3.05, 3.63) is 51.8 Å². The van der Waals surface area contributed by atoms with E-state index in [9.17, 15) is 9.50 Å². The Kier molecular flexibility index (Phi) is 4.19. The van der Waals surface area contributed by atoms with Crippen LogP contribution in [0, 0.1) is 12.7 Å². The molecule has 1 aromatic carbocycles. The maximum atomic E-state index is 14.5. The minimum absolute atomic E-state index is 0.0164. The summed E-state index contributed by atoms with van der Waals surface area (Å²) in [4.78, 5) is 12.1. The average molecular weight is 352 g/mol. The van der Waals surface area contributed by atoms with Gasteiger partial charge >= 0.3 is 0 Å². The van der Waals surface area contributed by atoms with Gasteiger partial charge in [0, 0.05) is 16.6 Å². The maximum Gasteiger partial charge on any atom is 0.222 e. The Labute approximate surface area is 141 Å². The molecule has 0 aliphatic rings. The zero-order chi connectivity index (χ0) is 16.7. The molecule has 1 atom stereocenters. The molecule has 4 nitrogen and oxygen atoms in total. The van der Waals surface area contributed by atoms with Gasteiger partial charge < -0.3 is 5.11 Å². The Morgan fingerprint density at radius 1 is 1.17 bits per heavy atom. The molecule has 0 amide bonds. The third-order valence-electron chi connectivity index (χ3n) is 3.47. The Bertz CT molecular complexity index is 915. The van der Waals surface area contributed by atoms with E-state index in [-0.39, 0.29) is 15.8 Å². The molecule has 0 saturated carbocycles. The molecule has 0 aliphatic carbocycles. The lowest BCUT2D eigenvalue weighted by atomic mass is 10.00. The summed E-state index contributed by atoms with van der Waals surface area (Å²) in [5.41, 5.74) is 2.18. The fourth-order valence-electron chi connectivity index (χ4n) is 2.47. The lowest BCUT2D eigenvalue weighted by Crippen LogP contribution is -1.99. The topological polar surface area (TPSA) is 58.9 Å². The van der Waals surface area contributed by atoms with E-state index in [1.54, 1.807) is 26.0 Å². The second-order valence-corrected chi connectivity index (χ2v) is 5.96. The Morgan fingerprint density at radius 3 is 2.61 bits per heavy atom. The zero-order valence-electron chi connectivity index (χ0n) is 12.3. The predicted molar refractivity (Wildman–Crippen MR) is 88.1 cm³/mol. The Balaban J connectivity index is 2.35. The van der Waals surface area contributed by atoms with Gasteiger partial charge in [-0.15, -0.1) is 0 Å². The third kappa shape index (κ3) is 3.00. The zero-order valence-corrected chi connectivity index (χ0v) is 13.8. The van der Waals surface area contributed by atoms with E-state index >= 15 is 0 Å². The number of halogens is 3. The number of rotatable bonds is 2. The summed E-state index contributed by atoms with van der Waals surface area (Å²) in [5, 5.41) is 10.8. The third-order valence-corrected chi connectivity index (χ3v) is 3.92. The molecule has 7 heteroatoms. The number of fused-ring (bicyclic) bond motifs is 1. The van der Waals surface area contributed by atoms with Crippen LogP contribution in [0.1, 0.15) is 24.3 Å². The summed E-state index contributed by atoms with van der Waals surface area (Å²) in [6.07, 6.45) is 0.593. The van der Waals surface area contributed by atoms with Crippen LogP contribution in [0.3, 0.4) is 0 Å². The highest BCUT2D eigenvalue weighted by atomic mass is 35.5. The molecule has 3 aromatic rings. The monoisotopic (exact) mass is 351 g/mol. The fourth-order valence-corrected chi connectivity index (χ4v) is 2.81. The number of aliphatic hydroxyl groups excluding tert-OH is 1. The molecule has 0 radical (unpaired) electrons. The molecule has 0 fully saturated rings. The molecule has 118 valence electrons. The van der Waals surface area contributed by atoms with Gasteiger partial charge in [0.2, 0.25) is 5.28 Å². The largest absolute Gasteiger partial charge is 0.389 e. The highest BCUT2D eigenvalue weighted by Crippen LogP contribution is 2.33. The van der Waals surface area contributed by atoms with Crippen molar-refractivity contribution in [2.75, 3.05) is 0 Å². The van der Waals surface area contributed by atoms with E-state index in [0.29, 0.717) is 27.9 Å². The molecule has 3 rings (SSSR count). The highest BCUT2D eigenvalue weighted by Gasteiger charge is 2.16. The van der Waals surface area contributed by atoms with Crippen molar-refractivity contribution in [2.45, 2.75) is 20.0 Å². The summed E-state index contributed by atoms with van der Waals surface area (Å²) in [6.45, 7) is 3.37. The van der Waals surface area contributed by atoms with Crippen molar-refractivity contribution < 1.29 is 9.50 Å². The van der Waals surface area contributed by atoms with Gasteiger partial charge in [0.15, 0.2) is 0 Å². The number of pyridine rings is 1. The summed E-state index contributed by atoms with van der Waals surface area (Å²) in [5.74, 6) is -0.520. The molecular formula is C16H12Cl2FN3O. The molecule has 2 heterocycles. The summed E-state index contributed by atoms with van der Waals surface area (Å²) >= 11 is 11.9. The standard InChI is InChI=1S/C16H12Cl2FN3O/c1-7-3-10(8(2)23)11-4-9(5-13(19)15(11)21-7)14-12(17)6-20-16(18)22-14/h3-6,8,23H,1-2H3. The summed E-state index contributed by atoms with van der Waals surface area (Å²) < 4.78 is 14.5. The fraction of sp³-hybridized carbons (Fsp3) is 0.188. The predicted octanol–water partition coefficient (Wildman–Crippen LogP) is 4.50. The number of hydrogen-bond donors (Lipinski definition) is 1. The first-order valence-corrected chi connectivity index (χ1v) is 7.59. The highest BCUT2D eigenvalue weighted by molar-refractivity contribution is 6.33. The van der Waals surface area contributed by atoms with Gasteiger partial charge in [0.25, 0.3) is 0 Å². The number of hydrogen-bond acceptors (Lipinski definition) is 4. The van der Waals surface area contributed by atoms with E-state index in [1.807, 2.05) is 0 Å². The van der Waals surface area contributed by atoms with Crippen LogP contribution in [0.4, 0.5) is 4.39 Å². The maximum absolute atomic E-state index is 14.5. The van der Waals surface area contributed by atoms with E-state index in [1.165, 1.54) is 12.3 Å². The smallest absolute Gasteiger partial charge is 0.222 e. The van der Waals surface area contributed by atoms with Crippen LogP contribution in [-0.2, 0) is 0 Å². The SMILES string of the molecule is Cc1cc(C(C)O)c2cc(-c3nc(Cl)ncc3Cl)cc(F)c2n1. The summed E-state index contributed by atoms with van der Waals surface area (Å²) in [7, 11) is 0. The van der Waals surface area contributed by atoms with Crippen LogP contribution in [0.2, 0.25) is 10.3 Å². The number of nitrogens with zero attached hydrogens (tertiary/aromatic N) is 3. The lowest BCUT2D eigenvalue weighted by Gasteiger charge is -2.13. The van der Waals surface area contributed by atoms with Crippen LogP contribution >= 0.6 is 23.2 Å². The van der Waals surface area contributed by atoms with Gasteiger partial charge in [0.1, 0.15) is 11.3 Å². The van der Waals surface area contributed by atoms with Crippen molar-refractivity contribution in [3.8, 4) is 11.3 Å². The van der Waals surface area contributed by atoms with E-state index in [4.69, 9.17) is 23.2 Å². The van der Waals surface area contributed by atoms with Crippen LogP contribution in [0.5, 0.6) is 0 Å². The molecular weight excluding hydrogens is 340 g/mol. The van der Waals surface area contributed by atoms with Crippen molar-refractivity contribution >= 4 is 34.1 Å². The van der Waals surface area contributed by atoms with Gasteiger partial charge in [-0.25, -0.2) is 14.4 Å². The molecule has 0 aliphatic heterocycles. The number of aryl methyl sites for hydroxylation is 1. The molecule has 1 unspecified atom stereocenters. The van der Waals surface area contributed by atoms with Crippen LogP contribution in [-0.4, -0.2) is 20.1 Å². The molecule has 1 N–H and O–H groups in total. The lowest BCUT2D eigenvalue weighted by molar-refractivity contribution is 0.200. The average Bonchev–Trinajstić information content (AvgIpc) is 2.49. The number of aliphatic hydroxyl groups is 1. The van der Waals surface area contributed by atoms with Crippen molar-refractivity contribution in [1.82, 2.24) is 15.0 Å². The Morgan fingerprint density at radius 2 is 1.91 bits per heavy atom. The first-order valence-electron chi connectivity index (χ1n) is 6.84. The van der Waals surface area contributed by atoms with Crippen LogP contribution in [0.25, 0.3) is 22.2 Å². The van der Waals surface area contributed by atoms with Crippen molar-refractivity contribution in [1.29, 1.82) is 0 Å². The Hall–Kier alpha value is -1.82. The quantitative estimate of drug-likeness (QED) is 0.690. The first kappa shape index (κ1) is 16.1. The van der Waals surface area contributed by atoms with Crippen LogP contribution in [0.15, 0.2) is 24.4 Å². The van der Waals surface area contributed by atoms with Crippen molar-refractivity contribution in [2.24, 2.45) is 0 Å². The van der Waals surface area contributed by atoms with Crippen molar-refractivity contribution in [3.63, 3.8) is 0 Å². The van der Waals surface area contributed by atoms with E-state index in [2.05, 4.69) is 15.0 Å². The van der Waals surface area contributed by atoms with Gasteiger partial charge in [-0.05, 0) is 49.2 Å². The van der Waals surface area contributed by atoms with Gasteiger partial charge in [-0.2, -0.15) is 0 Å². The molecule has 0 saturated heterocycles. The van der Waals surface area contributed by atoms with Gasteiger partial charge in [-0.1, -0.05) is 11.6 Å². The second kappa shape index (κ2) is 6.00. The molecule has 0 bridgehead atoms. The molecule has 0 spiro atoms.